The number of aromatic nitrogens is 1. The molecule has 3 rings (SSSR count). The summed E-state index contributed by atoms with van der Waals surface area (Å²) in [5.74, 6) is 0. The molecule has 3 heterocycles. The summed E-state index contributed by atoms with van der Waals surface area (Å²) in [5, 5.41) is 4.08. The van der Waals surface area contributed by atoms with Crippen molar-refractivity contribution in [3.8, 4) is 10.4 Å². The molecular formula is C19H26ClN3O2S. The van der Waals surface area contributed by atoms with Crippen LogP contribution in [-0.2, 0) is 11.3 Å². The van der Waals surface area contributed by atoms with Crippen molar-refractivity contribution in [1.82, 2.24) is 9.88 Å². The van der Waals surface area contributed by atoms with Gasteiger partial charge in [-0.3, -0.25) is 9.69 Å². The lowest BCUT2D eigenvalue weighted by atomic mass is 10.1. The summed E-state index contributed by atoms with van der Waals surface area (Å²) in [5.41, 5.74) is 2.80. The highest BCUT2D eigenvalue weighted by Gasteiger charge is 2.11. The predicted molar refractivity (Wildman–Crippen MR) is 111 cm³/mol. The number of hydrogen-bond donors (Lipinski definition) is 1. The molecule has 0 radical (unpaired) electrons. The fourth-order valence-corrected chi connectivity index (χ4v) is 4.01. The lowest BCUT2D eigenvalue weighted by molar-refractivity contribution is 0.120. The molecule has 2 aromatic rings. The van der Waals surface area contributed by atoms with Gasteiger partial charge in [-0.15, -0.1) is 23.7 Å². The Morgan fingerprint density at radius 3 is 2.85 bits per heavy atom. The van der Waals surface area contributed by atoms with Crippen LogP contribution in [-0.4, -0.2) is 42.3 Å². The largest absolute Gasteiger partial charge is 0.394 e. The van der Waals surface area contributed by atoms with E-state index >= 15 is 0 Å². The number of aryl methyl sites for hydroxylation is 2. The third-order valence-corrected chi connectivity index (χ3v) is 5.59. The molecule has 5 nitrogen and oxygen atoms in total. The summed E-state index contributed by atoms with van der Waals surface area (Å²) in [6.07, 6.45) is 5.09. The lowest BCUT2D eigenvalue weighted by Gasteiger charge is -2.12. The number of likely N-dealkylation sites (tertiary alicyclic amines) is 1. The first-order valence-corrected chi connectivity index (χ1v) is 9.69. The molecule has 2 aromatic heterocycles. The van der Waals surface area contributed by atoms with E-state index in [0.717, 1.165) is 39.5 Å². The van der Waals surface area contributed by atoms with Gasteiger partial charge < -0.3 is 9.82 Å². The monoisotopic (exact) mass is 395 g/mol. The second kappa shape index (κ2) is 9.90. The minimum Gasteiger partial charge on any atom is -0.394 e. The number of thiophene rings is 1. The van der Waals surface area contributed by atoms with E-state index in [2.05, 4.69) is 21.1 Å². The summed E-state index contributed by atoms with van der Waals surface area (Å²) in [7, 11) is 0. The zero-order valence-electron chi connectivity index (χ0n) is 15.3. The van der Waals surface area contributed by atoms with Crippen molar-refractivity contribution in [2.75, 3.05) is 26.2 Å². The van der Waals surface area contributed by atoms with Crippen LogP contribution in [0.2, 0.25) is 0 Å². The molecule has 1 fully saturated rings. The van der Waals surface area contributed by atoms with E-state index in [1.807, 2.05) is 26.0 Å². The highest BCUT2D eigenvalue weighted by molar-refractivity contribution is 7.17. The summed E-state index contributed by atoms with van der Waals surface area (Å²) in [4.78, 5) is 24.8. The third-order valence-electron chi connectivity index (χ3n) is 4.54. The Balaban J connectivity index is 0.00000243. The Bertz CT molecular complexity index is 794. The summed E-state index contributed by atoms with van der Waals surface area (Å²) in [6, 6.07) is 6.09. The van der Waals surface area contributed by atoms with Crippen molar-refractivity contribution in [3.05, 3.63) is 44.7 Å². The molecule has 1 N–H and O–H groups in total. The highest BCUT2D eigenvalue weighted by atomic mass is 35.5. The van der Waals surface area contributed by atoms with Crippen LogP contribution in [0.1, 0.15) is 35.9 Å². The molecule has 0 saturated carbocycles. The maximum Gasteiger partial charge on any atom is 0.251 e. The molecule has 0 bridgehead atoms. The van der Waals surface area contributed by atoms with Gasteiger partial charge in [0.2, 0.25) is 0 Å². The average Bonchev–Trinajstić information content (AvgIpc) is 3.26. The molecular weight excluding hydrogens is 370 g/mol. The Morgan fingerprint density at radius 2 is 2.12 bits per heavy atom. The van der Waals surface area contributed by atoms with E-state index in [0.29, 0.717) is 6.61 Å². The zero-order valence-corrected chi connectivity index (χ0v) is 16.9. The highest BCUT2D eigenvalue weighted by Crippen LogP contribution is 2.29. The Morgan fingerprint density at radius 1 is 1.35 bits per heavy atom. The topological polar surface area (TPSA) is 57.7 Å². The Hall–Kier alpha value is -1.63. The molecule has 0 amide bonds. The van der Waals surface area contributed by atoms with E-state index in [9.17, 15) is 4.79 Å². The molecule has 0 spiro atoms. The van der Waals surface area contributed by atoms with Gasteiger partial charge in [0.1, 0.15) is 6.61 Å². The van der Waals surface area contributed by atoms with Crippen LogP contribution in [0.25, 0.3) is 10.4 Å². The number of hydrogen-bond acceptors (Lipinski definition) is 5. The van der Waals surface area contributed by atoms with Crippen molar-refractivity contribution in [1.29, 1.82) is 0 Å². The molecule has 1 aliphatic rings. The van der Waals surface area contributed by atoms with E-state index in [1.54, 1.807) is 17.6 Å². The van der Waals surface area contributed by atoms with Crippen LogP contribution in [0.5, 0.6) is 0 Å². The smallest absolute Gasteiger partial charge is 0.251 e. The van der Waals surface area contributed by atoms with Gasteiger partial charge in [-0.05, 0) is 57.5 Å². The fourth-order valence-electron chi connectivity index (χ4n) is 3.07. The standard InChI is InChI=1S/C19H25N3O2S.ClH/c1-3-15-12-17(14(2)21-19(15)23)18-7-6-16(25-18)13-20-24-11-10-22-8-4-5-9-22;/h6-7,12-13H,3-5,8-11H2,1-2H3,(H,21,23);1H. The van der Waals surface area contributed by atoms with Crippen molar-refractivity contribution in [3.63, 3.8) is 0 Å². The lowest BCUT2D eigenvalue weighted by Crippen LogP contribution is -2.23. The van der Waals surface area contributed by atoms with Crippen LogP contribution in [0, 0.1) is 6.92 Å². The maximum atomic E-state index is 11.9. The number of rotatable bonds is 7. The summed E-state index contributed by atoms with van der Waals surface area (Å²) < 4.78 is 0. The van der Waals surface area contributed by atoms with Crippen LogP contribution < -0.4 is 5.56 Å². The maximum absolute atomic E-state index is 11.9. The van der Waals surface area contributed by atoms with Gasteiger partial charge in [-0.1, -0.05) is 12.1 Å². The van der Waals surface area contributed by atoms with Gasteiger partial charge >= 0.3 is 0 Å². The van der Waals surface area contributed by atoms with E-state index < -0.39 is 0 Å². The molecule has 0 unspecified atom stereocenters. The number of H-pyrrole nitrogens is 1. The van der Waals surface area contributed by atoms with Gasteiger partial charge in [-0.25, -0.2) is 0 Å². The molecule has 0 atom stereocenters. The minimum absolute atomic E-state index is 0. The van der Waals surface area contributed by atoms with Crippen LogP contribution in [0.15, 0.2) is 28.1 Å². The number of oxime groups is 1. The zero-order chi connectivity index (χ0) is 17.6. The average molecular weight is 396 g/mol. The molecule has 26 heavy (non-hydrogen) atoms. The second-order valence-electron chi connectivity index (χ2n) is 6.33. The predicted octanol–water partition coefficient (Wildman–Crippen LogP) is 3.84. The Kier molecular flexibility index (Phi) is 7.87. The fraction of sp³-hybridized carbons (Fsp3) is 0.474. The number of nitrogens with zero attached hydrogens (tertiary/aromatic N) is 2. The molecule has 1 saturated heterocycles. The molecule has 1 aliphatic heterocycles. The van der Waals surface area contributed by atoms with Crippen LogP contribution >= 0.6 is 23.7 Å². The quantitative estimate of drug-likeness (QED) is 0.440. The van der Waals surface area contributed by atoms with Crippen LogP contribution in [0.3, 0.4) is 0 Å². The molecule has 0 aliphatic carbocycles. The van der Waals surface area contributed by atoms with Gasteiger partial charge in [0.15, 0.2) is 0 Å². The summed E-state index contributed by atoms with van der Waals surface area (Å²) in [6.45, 7) is 7.87. The first-order chi connectivity index (χ1) is 12.2. The third kappa shape index (κ3) is 5.19. The van der Waals surface area contributed by atoms with Crippen molar-refractivity contribution >= 4 is 30.0 Å². The summed E-state index contributed by atoms with van der Waals surface area (Å²) >= 11 is 1.65. The number of aromatic amines is 1. The number of halogens is 1. The second-order valence-corrected chi connectivity index (χ2v) is 7.45. The molecule has 7 heteroatoms. The first-order valence-electron chi connectivity index (χ1n) is 8.88. The normalized spacial score (nSPS) is 14.7. The van der Waals surface area contributed by atoms with Crippen molar-refractivity contribution in [2.45, 2.75) is 33.1 Å². The van der Waals surface area contributed by atoms with Gasteiger partial charge in [-0.2, -0.15) is 0 Å². The first kappa shape index (κ1) is 20.7. The van der Waals surface area contributed by atoms with Crippen molar-refractivity contribution < 1.29 is 4.84 Å². The van der Waals surface area contributed by atoms with Gasteiger partial charge in [0, 0.05) is 33.1 Å². The van der Waals surface area contributed by atoms with Gasteiger partial charge in [0.25, 0.3) is 5.56 Å². The number of pyridine rings is 1. The Labute approximate surface area is 164 Å². The van der Waals surface area contributed by atoms with Crippen LogP contribution in [0.4, 0.5) is 0 Å². The van der Waals surface area contributed by atoms with Gasteiger partial charge in [0.05, 0.1) is 6.21 Å². The van der Waals surface area contributed by atoms with E-state index in [1.165, 1.54) is 25.9 Å². The van der Waals surface area contributed by atoms with E-state index in [-0.39, 0.29) is 18.0 Å². The van der Waals surface area contributed by atoms with E-state index in [4.69, 9.17) is 4.84 Å². The molecule has 142 valence electrons. The molecule has 0 aromatic carbocycles. The minimum atomic E-state index is 0. The number of nitrogens with one attached hydrogen (secondary N) is 1. The van der Waals surface area contributed by atoms with Crippen molar-refractivity contribution in [2.24, 2.45) is 5.16 Å². The SMILES string of the molecule is CCc1cc(-c2ccc(C=NOCCN3CCCC3)s2)c(C)[nH]c1=O.Cl.